The zero-order chi connectivity index (χ0) is 8.81. The highest BCUT2D eigenvalue weighted by Gasteiger charge is 2.11. The number of carbonyl (C=O) groups excluding carboxylic acids is 1. The van der Waals surface area contributed by atoms with Gasteiger partial charge in [-0.1, -0.05) is 24.5 Å². The third kappa shape index (κ3) is 2.39. The Morgan fingerprint density at radius 3 is 3.17 bits per heavy atom. The zero-order valence-corrected chi connectivity index (χ0v) is 7.10. The Morgan fingerprint density at radius 2 is 2.50 bits per heavy atom. The van der Waals surface area contributed by atoms with Crippen LogP contribution in [-0.4, -0.2) is 5.78 Å². The molecule has 0 bridgehead atoms. The molecule has 1 nitrogen and oxygen atoms in total. The SMILES string of the molecule is C=CC#CCC1=CCCCC1=O. The van der Waals surface area contributed by atoms with E-state index in [0.717, 1.165) is 18.4 Å². The number of hydrogen-bond donors (Lipinski definition) is 0. The molecule has 0 spiro atoms. The van der Waals surface area contributed by atoms with Crippen LogP contribution < -0.4 is 0 Å². The Balaban J connectivity index is 2.55. The minimum absolute atomic E-state index is 0.264. The van der Waals surface area contributed by atoms with Gasteiger partial charge in [-0.05, 0) is 18.9 Å². The monoisotopic (exact) mass is 160 g/mol. The van der Waals surface area contributed by atoms with Crippen LogP contribution in [0, 0.1) is 11.8 Å². The molecule has 0 N–H and O–H groups in total. The second-order valence-corrected chi connectivity index (χ2v) is 2.75. The van der Waals surface area contributed by atoms with Crippen LogP contribution in [0.2, 0.25) is 0 Å². The largest absolute Gasteiger partial charge is 0.295 e. The summed E-state index contributed by atoms with van der Waals surface area (Å²) < 4.78 is 0. The average molecular weight is 160 g/mol. The minimum Gasteiger partial charge on any atom is -0.295 e. The van der Waals surface area contributed by atoms with Gasteiger partial charge in [0.1, 0.15) is 0 Å². The van der Waals surface area contributed by atoms with E-state index in [0.29, 0.717) is 12.8 Å². The van der Waals surface area contributed by atoms with E-state index in [-0.39, 0.29) is 5.78 Å². The summed E-state index contributed by atoms with van der Waals surface area (Å²) in [5.74, 6) is 5.88. The van der Waals surface area contributed by atoms with Crippen LogP contribution in [0.1, 0.15) is 25.7 Å². The van der Waals surface area contributed by atoms with Crippen LogP contribution in [0.3, 0.4) is 0 Å². The van der Waals surface area contributed by atoms with Crippen molar-refractivity contribution in [3.63, 3.8) is 0 Å². The molecule has 0 heterocycles. The van der Waals surface area contributed by atoms with Gasteiger partial charge in [-0.2, -0.15) is 0 Å². The van der Waals surface area contributed by atoms with E-state index in [9.17, 15) is 4.79 Å². The number of allylic oxidation sites excluding steroid dienone is 3. The second kappa shape index (κ2) is 4.56. The first kappa shape index (κ1) is 8.80. The van der Waals surface area contributed by atoms with E-state index >= 15 is 0 Å². The van der Waals surface area contributed by atoms with E-state index in [4.69, 9.17) is 0 Å². The Bertz CT molecular complexity index is 273. The fraction of sp³-hybridized carbons (Fsp3) is 0.364. The van der Waals surface area contributed by atoms with Crippen molar-refractivity contribution in [2.75, 3.05) is 0 Å². The van der Waals surface area contributed by atoms with Gasteiger partial charge < -0.3 is 0 Å². The normalized spacial score (nSPS) is 16.0. The van der Waals surface area contributed by atoms with Crippen LogP contribution in [0.4, 0.5) is 0 Å². The average Bonchev–Trinajstić information content (AvgIpc) is 2.09. The number of carbonyl (C=O) groups is 1. The van der Waals surface area contributed by atoms with Gasteiger partial charge in [0, 0.05) is 18.4 Å². The lowest BCUT2D eigenvalue weighted by atomic mass is 9.96. The lowest BCUT2D eigenvalue weighted by Gasteiger charge is -2.07. The molecule has 0 fully saturated rings. The Kier molecular flexibility index (Phi) is 3.35. The van der Waals surface area contributed by atoms with Gasteiger partial charge in [0.2, 0.25) is 0 Å². The van der Waals surface area contributed by atoms with Crippen molar-refractivity contribution < 1.29 is 4.79 Å². The highest BCUT2D eigenvalue weighted by atomic mass is 16.1. The van der Waals surface area contributed by atoms with Crippen molar-refractivity contribution in [2.24, 2.45) is 0 Å². The molecule has 12 heavy (non-hydrogen) atoms. The molecule has 1 aliphatic rings. The van der Waals surface area contributed by atoms with Crippen LogP contribution in [0.15, 0.2) is 24.3 Å². The number of ketones is 1. The first-order valence-corrected chi connectivity index (χ1v) is 4.16. The Hall–Kier alpha value is -1.29. The fourth-order valence-corrected chi connectivity index (χ4v) is 1.20. The summed E-state index contributed by atoms with van der Waals surface area (Å²) in [6.45, 7) is 3.48. The predicted molar refractivity (Wildman–Crippen MR) is 49.5 cm³/mol. The molecule has 0 unspecified atom stereocenters. The van der Waals surface area contributed by atoms with Crippen LogP contribution in [0.5, 0.6) is 0 Å². The lowest BCUT2D eigenvalue weighted by molar-refractivity contribution is -0.116. The predicted octanol–water partition coefficient (Wildman–Crippen LogP) is 2.25. The molecule has 0 aliphatic heterocycles. The van der Waals surface area contributed by atoms with Gasteiger partial charge in [0.25, 0.3) is 0 Å². The second-order valence-electron chi connectivity index (χ2n) is 2.75. The van der Waals surface area contributed by atoms with Gasteiger partial charge >= 0.3 is 0 Å². The minimum atomic E-state index is 0.264. The lowest BCUT2D eigenvalue weighted by Crippen LogP contribution is -2.06. The maximum Gasteiger partial charge on any atom is 0.159 e. The highest BCUT2D eigenvalue weighted by Crippen LogP contribution is 2.15. The van der Waals surface area contributed by atoms with E-state index in [2.05, 4.69) is 18.4 Å². The zero-order valence-electron chi connectivity index (χ0n) is 7.10. The van der Waals surface area contributed by atoms with Crippen LogP contribution in [0.25, 0.3) is 0 Å². The van der Waals surface area contributed by atoms with E-state index in [1.807, 2.05) is 6.08 Å². The first-order chi connectivity index (χ1) is 5.84. The molecule has 0 radical (unpaired) electrons. The van der Waals surface area contributed by atoms with Crippen LogP contribution >= 0.6 is 0 Å². The van der Waals surface area contributed by atoms with E-state index in [1.165, 1.54) is 0 Å². The van der Waals surface area contributed by atoms with Gasteiger partial charge in [-0.15, -0.1) is 0 Å². The molecule has 62 valence electrons. The van der Waals surface area contributed by atoms with Crippen molar-refractivity contribution in [3.8, 4) is 11.8 Å². The topological polar surface area (TPSA) is 17.1 Å². The van der Waals surface area contributed by atoms with Crippen molar-refractivity contribution in [1.82, 2.24) is 0 Å². The highest BCUT2D eigenvalue weighted by molar-refractivity contribution is 5.96. The molecule has 0 atom stereocenters. The molecule has 0 aromatic heterocycles. The maximum absolute atomic E-state index is 11.2. The van der Waals surface area contributed by atoms with E-state index < -0.39 is 0 Å². The summed E-state index contributed by atoms with van der Waals surface area (Å²) in [5.41, 5.74) is 0.885. The fourth-order valence-electron chi connectivity index (χ4n) is 1.20. The standard InChI is InChI=1S/C11H12O/c1-2-3-4-7-10-8-5-6-9-11(10)12/h2,8H,1,5-7,9H2. The van der Waals surface area contributed by atoms with Crippen molar-refractivity contribution >= 4 is 5.78 Å². The Morgan fingerprint density at radius 1 is 1.67 bits per heavy atom. The Labute approximate surface area is 73.2 Å². The summed E-state index contributed by atoms with van der Waals surface area (Å²) in [5, 5.41) is 0. The molecule has 1 aliphatic carbocycles. The molecule has 1 rings (SSSR count). The summed E-state index contributed by atoms with van der Waals surface area (Å²) in [6, 6.07) is 0. The van der Waals surface area contributed by atoms with Crippen molar-refractivity contribution in [3.05, 3.63) is 24.3 Å². The summed E-state index contributed by atoms with van der Waals surface area (Å²) in [7, 11) is 0. The van der Waals surface area contributed by atoms with Gasteiger partial charge in [-0.3, -0.25) is 4.79 Å². The third-order valence-electron chi connectivity index (χ3n) is 1.84. The molecule has 0 aromatic rings. The first-order valence-electron chi connectivity index (χ1n) is 4.16. The molecular weight excluding hydrogens is 148 g/mol. The van der Waals surface area contributed by atoms with E-state index in [1.54, 1.807) is 6.08 Å². The molecular formula is C11H12O. The molecule has 0 aromatic carbocycles. The molecule has 0 amide bonds. The van der Waals surface area contributed by atoms with Gasteiger partial charge in [0.15, 0.2) is 5.78 Å². The number of hydrogen-bond acceptors (Lipinski definition) is 1. The number of Topliss-reactive ketones (excluding diaryl/α,β-unsaturated/α-hetero) is 1. The van der Waals surface area contributed by atoms with Crippen molar-refractivity contribution in [2.45, 2.75) is 25.7 Å². The van der Waals surface area contributed by atoms with Crippen molar-refractivity contribution in [1.29, 1.82) is 0 Å². The van der Waals surface area contributed by atoms with Gasteiger partial charge in [-0.25, -0.2) is 0 Å². The number of rotatable bonds is 1. The quantitative estimate of drug-likeness (QED) is 0.538. The smallest absolute Gasteiger partial charge is 0.159 e. The van der Waals surface area contributed by atoms with Gasteiger partial charge in [0.05, 0.1) is 0 Å². The third-order valence-corrected chi connectivity index (χ3v) is 1.84. The summed E-state index contributed by atoms with van der Waals surface area (Å²) in [4.78, 5) is 11.2. The summed E-state index contributed by atoms with van der Waals surface area (Å²) >= 11 is 0. The van der Waals surface area contributed by atoms with Crippen LogP contribution in [-0.2, 0) is 4.79 Å². The summed E-state index contributed by atoms with van der Waals surface area (Å²) in [6.07, 6.45) is 6.86. The molecule has 1 heteroatoms. The molecule has 0 saturated carbocycles. The molecule has 0 saturated heterocycles. The maximum atomic E-state index is 11.2.